The molecule has 0 aliphatic heterocycles. The third-order valence-electron chi connectivity index (χ3n) is 6.37. The van der Waals surface area contributed by atoms with Crippen molar-refractivity contribution in [3.63, 3.8) is 0 Å². The SMILES string of the molecule is CC[C@@H](C)NC(=O)[C@H](C)N(Cc1ccc(C)cc1)C(=O)CN(c1ccc(Cl)cc1)S(=O)(=O)c1ccccc1. The lowest BCUT2D eigenvalue weighted by atomic mass is 10.1. The minimum Gasteiger partial charge on any atom is -0.352 e. The zero-order valence-electron chi connectivity index (χ0n) is 22.1. The molecule has 0 spiro atoms. The maximum absolute atomic E-state index is 13.9. The first-order valence-corrected chi connectivity index (χ1v) is 14.3. The van der Waals surface area contributed by atoms with Crippen LogP contribution in [0.25, 0.3) is 0 Å². The number of sulfonamides is 1. The molecular formula is C29H34ClN3O4S. The zero-order valence-corrected chi connectivity index (χ0v) is 23.7. The van der Waals surface area contributed by atoms with Gasteiger partial charge < -0.3 is 10.2 Å². The molecule has 3 aromatic rings. The van der Waals surface area contributed by atoms with Gasteiger partial charge in [-0.2, -0.15) is 0 Å². The second kappa shape index (κ2) is 12.9. The molecule has 7 nitrogen and oxygen atoms in total. The summed E-state index contributed by atoms with van der Waals surface area (Å²) in [6, 6.07) is 20.9. The summed E-state index contributed by atoms with van der Waals surface area (Å²) in [5.74, 6) is -0.810. The van der Waals surface area contributed by atoms with Crippen LogP contribution in [0, 0.1) is 6.92 Å². The highest BCUT2D eigenvalue weighted by molar-refractivity contribution is 7.92. The quantitative estimate of drug-likeness (QED) is 0.353. The van der Waals surface area contributed by atoms with Gasteiger partial charge in [0.1, 0.15) is 12.6 Å². The van der Waals surface area contributed by atoms with Gasteiger partial charge in [0.2, 0.25) is 11.8 Å². The molecule has 0 bridgehead atoms. The predicted octanol–water partition coefficient (Wildman–Crippen LogP) is 5.18. The first-order chi connectivity index (χ1) is 18.0. The molecule has 38 heavy (non-hydrogen) atoms. The molecule has 202 valence electrons. The summed E-state index contributed by atoms with van der Waals surface area (Å²) in [6.07, 6.45) is 0.740. The van der Waals surface area contributed by atoms with E-state index in [9.17, 15) is 18.0 Å². The van der Waals surface area contributed by atoms with Crippen molar-refractivity contribution < 1.29 is 18.0 Å². The van der Waals surface area contributed by atoms with E-state index in [-0.39, 0.29) is 23.4 Å². The van der Waals surface area contributed by atoms with Gasteiger partial charge in [-0.25, -0.2) is 8.42 Å². The molecule has 0 unspecified atom stereocenters. The molecule has 0 aromatic heterocycles. The van der Waals surface area contributed by atoms with Gasteiger partial charge in [-0.05, 0) is 69.2 Å². The van der Waals surface area contributed by atoms with Gasteiger partial charge in [-0.15, -0.1) is 0 Å². The Bertz CT molecular complexity index is 1330. The number of carbonyl (C=O) groups excluding carboxylic acids is 2. The Morgan fingerprint density at radius 3 is 2.11 bits per heavy atom. The Kier molecular flexibility index (Phi) is 9.94. The first-order valence-electron chi connectivity index (χ1n) is 12.5. The summed E-state index contributed by atoms with van der Waals surface area (Å²) in [7, 11) is -4.10. The summed E-state index contributed by atoms with van der Waals surface area (Å²) in [4.78, 5) is 28.4. The Hall–Kier alpha value is -3.36. The standard InChI is InChI=1S/C29H34ClN3O4S/c1-5-22(3)31-29(35)23(4)32(19-24-13-11-21(2)12-14-24)28(34)20-33(26-17-15-25(30)16-18-26)38(36,37)27-9-7-6-8-10-27/h6-18,22-23H,5,19-20H2,1-4H3,(H,31,35)/t22-,23+/m1/s1. The van der Waals surface area contributed by atoms with E-state index in [2.05, 4.69) is 5.32 Å². The second-order valence-electron chi connectivity index (χ2n) is 9.30. The van der Waals surface area contributed by atoms with Crippen molar-refractivity contribution in [2.45, 2.75) is 57.6 Å². The molecule has 0 aliphatic carbocycles. The smallest absolute Gasteiger partial charge is 0.264 e. The van der Waals surface area contributed by atoms with Crippen molar-refractivity contribution in [2.24, 2.45) is 0 Å². The van der Waals surface area contributed by atoms with Gasteiger partial charge in [0.05, 0.1) is 10.6 Å². The molecule has 9 heteroatoms. The second-order valence-corrected chi connectivity index (χ2v) is 11.6. The molecule has 2 amide bonds. The summed E-state index contributed by atoms with van der Waals surface area (Å²) in [5.41, 5.74) is 2.19. The van der Waals surface area contributed by atoms with Crippen molar-refractivity contribution >= 4 is 39.1 Å². The van der Waals surface area contributed by atoms with Crippen LogP contribution in [-0.4, -0.2) is 43.8 Å². The lowest BCUT2D eigenvalue weighted by Gasteiger charge is -2.32. The lowest BCUT2D eigenvalue weighted by Crippen LogP contribution is -2.52. The Labute approximate surface area is 230 Å². The number of benzene rings is 3. The summed E-state index contributed by atoms with van der Waals surface area (Å²) < 4.78 is 28.5. The van der Waals surface area contributed by atoms with Crippen LogP contribution < -0.4 is 9.62 Å². The molecule has 0 fully saturated rings. The van der Waals surface area contributed by atoms with Crippen LogP contribution in [-0.2, 0) is 26.2 Å². The third-order valence-corrected chi connectivity index (χ3v) is 8.41. The average molecular weight is 556 g/mol. The minimum atomic E-state index is -4.10. The van der Waals surface area contributed by atoms with E-state index in [1.807, 2.05) is 45.0 Å². The molecule has 0 saturated heterocycles. The Morgan fingerprint density at radius 2 is 1.53 bits per heavy atom. The van der Waals surface area contributed by atoms with Gasteiger partial charge in [0.15, 0.2) is 0 Å². The van der Waals surface area contributed by atoms with Gasteiger partial charge in [-0.3, -0.25) is 13.9 Å². The number of anilines is 1. The average Bonchev–Trinajstić information content (AvgIpc) is 2.91. The molecule has 0 heterocycles. The number of carbonyl (C=O) groups is 2. The molecule has 1 N–H and O–H groups in total. The highest BCUT2D eigenvalue weighted by Crippen LogP contribution is 2.26. The first kappa shape index (κ1) is 29.2. The largest absolute Gasteiger partial charge is 0.352 e. The highest BCUT2D eigenvalue weighted by Gasteiger charge is 2.32. The number of hydrogen-bond acceptors (Lipinski definition) is 4. The highest BCUT2D eigenvalue weighted by atomic mass is 35.5. The molecule has 2 atom stereocenters. The fourth-order valence-corrected chi connectivity index (χ4v) is 5.36. The van der Waals surface area contributed by atoms with Crippen molar-refractivity contribution in [2.75, 3.05) is 10.8 Å². The number of rotatable bonds is 11. The van der Waals surface area contributed by atoms with Gasteiger partial charge >= 0.3 is 0 Å². The van der Waals surface area contributed by atoms with E-state index < -0.39 is 28.5 Å². The summed E-state index contributed by atoms with van der Waals surface area (Å²) in [6.45, 7) is 7.13. The van der Waals surface area contributed by atoms with Crippen LogP contribution in [0.2, 0.25) is 5.02 Å². The molecule has 3 rings (SSSR count). The van der Waals surface area contributed by atoms with Crippen LogP contribution in [0.5, 0.6) is 0 Å². The van der Waals surface area contributed by atoms with E-state index >= 15 is 0 Å². The predicted molar refractivity (Wildman–Crippen MR) is 152 cm³/mol. The number of amides is 2. The van der Waals surface area contributed by atoms with E-state index in [4.69, 9.17) is 11.6 Å². The minimum absolute atomic E-state index is 0.0513. The Balaban J connectivity index is 2.00. The van der Waals surface area contributed by atoms with Crippen LogP contribution >= 0.6 is 11.6 Å². The summed E-state index contributed by atoms with van der Waals surface area (Å²) >= 11 is 6.05. The normalized spacial score (nSPS) is 12.9. The van der Waals surface area contributed by atoms with E-state index in [0.717, 1.165) is 21.9 Å². The number of halogens is 1. The number of nitrogens with zero attached hydrogens (tertiary/aromatic N) is 2. The maximum Gasteiger partial charge on any atom is 0.264 e. The van der Waals surface area contributed by atoms with E-state index in [1.165, 1.54) is 17.0 Å². The van der Waals surface area contributed by atoms with Gasteiger partial charge in [0, 0.05) is 17.6 Å². The van der Waals surface area contributed by atoms with Gasteiger partial charge in [0.25, 0.3) is 10.0 Å². The van der Waals surface area contributed by atoms with E-state index in [1.54, 1.807) is 49.4 Å². The fraction of sp³-hybridized carbons (Fsp3) is 0.310. The topological polar surface area (TPSA) is 86.8 Å². The maximum atomic E-state index is 13.9. The molecule has 0 radical (unpaired) electrons. The molecule has 3 aromatic carbocycles. The van der Waals surface area contributed by atoms with Crippen molar-refractivity contribution in [3.05, 3.63) is 95.0 Å². The van der Waals surface area contributed by atoms with Crippen LogP contribution in [0.3, 0.4) is 0 Å². The number of nitrogens with one attached hydrogen (secondary N) is 1. The number of hydrogen-bond donors (Lipinski definition) is 1. The van der Waals surface area contributed by atoms with Crippen molar-refractivity contribution in [1.82, 2.24) is 10.2 Å². The Morgan fingerprint density at radius 1 is 0.921 bits per heavy atom. The monoisotopic (exact) mass is 555 g/mol. The lowest BCUT2D eigenvalue weighted by molar-refractivity contribution is -0.139. The van der Waals surface area contributed by atoms with E-state index in [0.29, 0.717) is 10.7 Å². The third kappa shape index (κ3) is 7.36. The van der Waals surface area contributed by atoms with Crippen molar-refractivity contribution in [3.8, 4) is 0 Å². The zero-order chi connectivity index (χ0) is 27.9. The molecular weight excluding hydrogens is 522 g/mol. The van der Waals surface area contributed by atoms with Crippen molar-refractivity contribution in [1.29, 1.82) is 0 Å². The summed E-state index contributed by atoms with van der Waals surface area (Å²) in [5, 5.41) is 3.37. The van der Waals surface area contributed by atoms with Crippen LogP contribution in [0.4, 0.5) is 5.69 Å². The molecule has 0 aliphatic rings. The van der Waals surface area contributed by atoms with Crippen LogP contribution in [0.1, 0.15) is 38.3 Å². The van der Waals surface area contributed by atoms with Gasteiger partial charge in [-0.1, -0.05) is 66.6 Å². The fourth-order valence-electron chi connectivity index (χ4n) is 3.79. The van der Waals surface area contributed by atoms with Crippen LogP contribution in [0.15, 0.2) is 83.8 Å². The molecule has 0 saturated carbocycles. The number of aryl methyl sites for hydroxylation is 1.